The quantitative estimate of drug-likeness (QED) is 0.816. The van der Waals surface area contributed by atoms with E-state index in [2.05, 4.69) is 10.3 Å². The van der Waals surface area contributed by atoms with E-state index in [0.717, 1.165) is 12.0 Å². The van der Waals surface area contributed by atoms with Crippen molar-refractivity contribution in [2.75, 3.05) is 6.61 Å². The standard InChI is InChI=1S/C18H16ClF3N2O2/c19-13-5-1-3-11(7-13)14-8-15(14)16(25)24-9-12-4-2-6-23-17(12)26-10-18(20,21)22/h1-7,14-15H,8-10H2,(H,24,25). The van der Waals surface area contributed by atoms with Crippen molar-refractivity contribution in [3.63, 3.8) is 0 Å². The summed E-state index contributed by atoms with van der Waals surface area (Å²) in [6.07, 6.45) is -2.39. The van der Waals surface area contributed by atoms with Crippen LogP contribution in [-0.2, 0) is 11.3 Å². The molecule has 2 atom stereocenters. The van der Waals surface area contributed by atoms with Crippen LogP contribution in [0, 0.1) is 5.92 Å². The van der Waals surface area contributed by atoms with Crippen molar-refractivity contribution < 1.29 is 22.7 Å². The molecule has 138 valence electrons. The monoisotopic (exact) mass is 384 g/mol. The molecule has 0 radical (unpaired) electrons. The van der Waals surface area contributed by atoms with E-state index in [4.69, 9.17) is 16.3 Å². The van der Waals surface area contributed by atoms with Gasteiger partial charge >= 0.3 is 6.18 Å². The topological polar surface area (TPSA) is 51.2 Å². The minimum atomic E-state index is -4.45. The summed E-state index contributed by atoms with van der Waals surface area (Å²) in [5.74, 6) is -0.332. The van der Waals surface area contributed by atoms with Crippen LogP contribution in [-0.4, -0.2) is 23.7 Å². The Bertz CT molecular complexity index is 798. The maximum absolute atomic E-state index is 12.3. The molecule has 0 saturated heterocycles. The molecule has 1 amide bonds. The third kappa shape index (κ3) is 4.88. The number of halogens is 4. The number of rotatable bonds is 6. The summed E-state index contributed by atoms with van der Waals surface area (Å²) in [5.41, 5.74) is 1.40. The Balaban J connectivity index is 1.56. The van der Waals surface area contributed by atoms with Crippen molar-refractivity contribution >= 4 is 17.5 Å². The van der Waals surface area contributed by atoms with Gasteiger partial charge in [0.15, 0.2) is 6.61 Å². The number of nitrogens with zero attached hydrogens (tertiary/aromatic N) is 1. The van der Waals surface area contributed by atoms with E-state index >= 15 is 0 Å². The van der Waals surface area contributed by atoms with E-state index in [-0.39, 0.29) is 30.2 Å². The number of benzene rings is 1. The number of alkyl halides is 3. The van der Waals surface area contributed by atoms with Crippen LogP contribution in [0.1, 0.15) is 23.5 Å². The second kappa shape index (κ2) is 7.53. The number of aromatic nitrogens is 1. The molecule has 1 heterocycles. The first-order valence-corrected chi connectivity index (χ1v) is 8.38. The van der Waals surface area contributed by atoms with Crippen molar-refractivity contribution in [2.24, 2.45) is 5.92 Å². The van der Waals surface area contributed by atoms with Crippen LogP contribution in [0.25, 0.3) is 0 Å². The Hall–Kier alpha value is -2.28. The number of carbonyl (C=O) groups is 1. The molecule has 0 aliphatic heterocycles. The molecule has 4 nitrogen and oxygen atoms in total. The van der Waals surface area contributed by atoms with Gasteiger partial charge in [0.05, 0.1) is 0 Å². The van der Waals surface area contributed by atoms with E-state index in [1.165, 1.54) is 6.20 Å². The fourth-order valence-corrected chi connectivity index (χ4v) is 2.94. The molecule has 1 aliphatic rings. The van der Waals surface area contributed by atoms with Gasteiger partial charge < -0.3 is 10.1 Å². The average molecular weight is 385 g/mol. The zero-order valence-electron chi connectivity index (χ0n) is 13.6. The molecular weight excluding hydrogens is 369 g/mol. The first-order valence-electron chi connectivity index (χ1n) is 8.00. The van der Waals surface area contributed by atoms with Crippen molar-refractivity contribution in [1.82, 2.24) is 10.3 Å². The highest BCUT2D eigenvalue weighted by molar-refractivity contribution is 6.30. The normalized spacial score (nSPS) is 19.1. The van der Waals surface area contributed by atoms with Gasteiger partial charge in [0.25, 0.3) is 0 Å². The highest BCUT2D eigenvalue weighted by Crippen LogP contribution is 2.48. The van der Waals surface area contributed by atoms with Gasteiger partial charge in [0.1, 0.15) is 0 Å². The maximum Gasteiger partial charge on any atom is 0.422 e. The van der Waals surface area contributed by atoms with Crippen LogP contribution in [0.15, 0.2) is 42.6 Å². The summed E-state index contributed by atoms with van der Waals surface area (Å²) in [6.45, 7) is -1.37. The fraction of sp³-hybridized carbons (Fsp3) is 0.333. The molecule has 1 N–H and O–H groups in total. The number of nitrogens with one attached hydrogen (secondary N) is 1. The Labute approximate surface area is 153 Å². The van der Waals surface area contributed by atoms with Gasteiger partial charge in [-0.2, -0.15) is 13.2 Å². The third-order valence-electron chi connectivity index (χ3n) is 4.08. The molecule has 1 fully saturated rings. The molecule has 3 rings (SSSR count). The largest absolute Gasteiger partial charge is 0.468 e. The molecule has 1 aromatic carbocycles. The van der Waals surface area contributed by atoms with Gasteiger partial charge in [-0.1, -0.05) is 29.8 Å². The number of amides is 1. The minimum absolute atomic E-state index is 0.0542. The Morgan fingerprint density at radius 1 is 1.31 bits per heavy atom. The van der Waals surface area contributed by atoms with Gasteiger partial charge in [-0.3, -0.25) is 4.79 Å². The van der Waals surface area contributed by atoms with Crippen LogP contribution in [0.5, 0.6) is 5.88 Å². The van der Waals surface area contributed by atoms with Gasteiger partial charge in [-0.05, 0) is 36.1 Å². The van der Waals surface area contributed by atoms with Crippen molar-refractivity contribution in [1.29, 1.82) is 0 Å². The van der Waals surface area contributed by atoms with Gasteiger partial charge in [-0.25, -0.2) is 4.98 Å². The van der Waals surface area contributed by atoms with Crippen molar-refractivity contribution in [3.05, 3.63) is 58.7 Å². The molecule has 1 aliphatic carbocycles. The first-order chi connectivity index (χ1) is 12.3. The lowest BCUT2D eigenvalue weighted by molar-refractivity contribution is -0.154. The summed E-state index contributed by atoms with van der Waals surface area (Å²) in [6, 6.07) is 10.5. The Morgan fingerprint density at radius 3 is 2.85 bits per heavy atom. The van der Waals surface area contributed by atoms with Gasteiger partial charge in [-0.15, -0.1) is 0 Å². The lowest BCUT2D eigenvalue weighted by atomic mass is 10.1. The van der Waals surface area contributed by atoms with E-state index in [0.29, 0.717) is 10.6 Å². The smallest absolute Gasteiger partial charge is 0.422 e. The number of carbonyl (C=O) groups excluding carboxylic acids is 1. The summed E-state index contributed by atoms with van der Waals surface area (Å²) < 4.78 is 41.6. The fourth-order valence-electron chi connectivity index (χ4n) is 2.74. The van der Waals surface area contributed by atoms with E-state index in [1.807, 2.05) is 18.2 Å². The summed E-state index contributed by atoms with van der Waals surface area (Å²) in [4.78, 5) is 16.1. The summed E-state index contributed by atoms with van der Waals surface area (Å²) in [7, 11) is 0. The third-order valence-corrected chi connectivity index (χ3v) is 4.31. The van der Waals surface area contributed by atoms with E-state index < -0.39 is 12.8 Å². The summed E-state index contributed by atoms with van der Waals surface area (Å²) in [5, 5.41) is 3.36. The number of pyridine rings is 1. The number of hydrogen-bond acceptors (Lipinski definition) is 3. The molecule has 1 saturated carbocycles. The van der Waals surface area contributed by atoms with E-state index in [9.17, 15) is 18.0 Å². The van der Waals surface area contributed by atoms with Crippen molar-refractivity contribution in [3.8, 4) is 5.88 Å². The zero-order chi connectivity index (χ0) is 18.7. The predicted molar refractivity (Wildman–Crippen MR) is 89.9 cm³/mol. The molecule has 2 aromatic rings. The van der Waals surface area contributed by atoms with Crippen molar-refractivity contribution in [2.45, 2.75) is 25.1 Å². The average Bonchev–Trinajstić information content (AvgIpc) is 3.39. The van der Waals surface area contributed by atoms with Crippen LogP contribution in [0.2, 0.25) is 5.02 Å². The van der Waals surface area contributed by atoms with Gasteiger partial charge in [0.2, 0.25) is 11.8 Å². The highest BCUT2D eigenvalue weighted by Gasteiger charge is 2.43. The van der Waals surface area contributed by atoms with Crippen LogP contribution in [0.4, 0.5) is 13.2 Å². The first kappa shape index (κ1) is 18.5. The molecular formula is C18H16ClF3N2O2. The predicted octanol–water partition coefficient (Wildman–Crippen LogP) is 4.10. The molecule has 1 aromatic heterocycles. The van der Waals surface area contributed by atoms with E-state index in [1.54, 1.807) is 18.2 Å². The number of ether oxygens (including phenoxy) is 1. The van der Waals surface area contributed by atoms with Gasteiger partial charge in [0, 0.05) is 29.2 Å². The molecule has 2 unspecified atom stereocenters. The lowest BCUT2D eigenvalue weighted by Crippen LogP contribution is -2.26. The SMILES string of the molecule is O=C(NCc1cccnc1OCC(F)(F)F)C1CC1c1cccc(Cl)c1. The molecule has 8 heteroatoms. The minimum Gasteiger partial charge on any atom is -0.468 e. The second-order valence-corrected chi connectivity index (χ2v) is 6.53. The second-order valence-electron chi connectivity index (χ2n) is 6.09. The molecule has 26 heavy (non-hydrogen) atoms. The number of hydrogen-bond donors (Lipinski definition) is 1. The molecule has 0 bridgehead atoms. The highest BCUT2D eigenvalue weighted by atomic mass is 35.5. The Morgan fingerprint density at radius 2 is 2.12 bits per heavy atom. The van der Waals surface area contributed by atoms with Crippen LogP contribution in [0.3, 0.4) is 0 Å². The zero-order valence-corrected chi connectivity index (χ0v) is 14.3. The summed E-state index contributed by atoms with van der Waals surface area (Å²) >= 11 is 5.96. The van der Waals surface area contributed by atoms with Crippen LogP contribution >= 0.6 is 11.6 Å². The van der Waals surface area contributed by atoms with Crippen LogP contribution < -0.4 is 10.1 Å². The lowest BCUT2D eigenvalue weighted by Gasteiger charge is -2.12. The Kier molecular flexibility index (Phi) is 5.36. The molecule has 0 spiro atoms. The maximum atomic E-state index is 12.3.